The Hall–Kier alpha value is -3.28. The highest BCUT2D eigenvalue weighted by molar-refractivity contribution is 6.01. The molecule has 5 rings (SSSR count). The third kappa shape index (κ3) is 6.78. The number of likely N-dealkylation sites (tertiary alicyclic amines) is 1. The maximum atomic E-state index is 15.1. The summed E-state index contributed by atoms with van der Waals surface area (Å²) in [6, 6.07) is 4.37. The van der Waals surface area contributed by atoms with E-state index in [0.29, 0.717) is 42.9 Å². The van der Waals surface area contributed by atoms with Gasteiger partial charge in [0.2, 0.25) is 5.91 Å². The zero-order valence-electron chi connectivity index (χ0n) is 25.0. The van der Waals surface area contributed by atoms with Crippen LogP contribution in [0.3, 0.4) is 0 Å². The molecule has 0 radical (unpaired) electrons. The van der Waals surface area contributed by atoms with E-state index in [0.717, 1.165) is 25.7 Å². The van der Waals surface area contributed by atoms with E-state index in [2.05, 4.69) is 15.6 Å². The molecule has 12 heteroatoms. The van der Waals surface area contributed by atoms with Gasteiger partial charge in [0, 0.05) is 24.9 Å². The Labute approximate surface area is 250 Å². The van der Waals surface area contributed by atoms with E-state index in [1.807, 2.05) is 13.8 Å². The van der Waals surface area contributed by atoms with Crippen molar-refractivity contribution in [2.45, 2.75) is 95.9 Å². The number of rotatable bonds is 11. The van der Waals surface area contributed by atoms with E-state index in [9.17, 15) is 19.5 Å². The first-order valence-electron chi connectivity index (χ1n) is 15.3. The van der Waals surface area contributed by atoms with E-state index < -0.39 is 36.4 Å². The molecule has 1 saturated heterocycles. The standard InChI is InChI=1S/C31H42F2N4O6/c1-18(2)25(39)27-30(11-12-30)13-14-37(27)24(38)17-34-29(41)43-21-7-6-19(15-21)5-4-10-31(32,33)26-28(40)36-23-16-20(42-3)8-9-22(23)35-26/h8-9,16,18-19,21,27-28,36,40H,4-7,10-15,17H2,1-3H3,(H,34,41)/t19?,21?,27-,28?/m1/s1. The number of aliphatic hydroxyl groups excluding tert-OH is 1. The van der Waals surface area contributed by atoms with Crippen LogP contribution in [-0.4, -0.2) is 78.0 Å². The van der Waals surface area contributed by atoms with Crippen molar-refractivity contribution in [1.82, 2.24) is 10.2 Å². The summed E-state index contributed by atoms with van der Waals surface area (Å²) in [5.74, 6) is -3.01. The average Bonchev–Trinajstić information content (AvgIpc) is 3.45. The number of halogens is 2. The maximum Gasteiger partial charge on any atom is 0.407 e. The smallest absolute Gasteiger partial charge is 0.407 e. The fraction of sp³-hybridized carbons (Fsp3) is 0.677. The second-order valence-electron chi connectivity index (χ2n) is 12.7. The molecule has 236 valence electrons. The number of carbonyl (C=O) groups excluding carboxylic acids is 3. The van der Waals surface area contributed by atoms with Crippen LogP contribution >= 0.6 is 0 Å². The molecule has 3 fully saturated rings. The molecule has 4 atom stereocenters. The minimum absolute atomic E-state index is 0.0756. The minimum Gasteiger partial charge on any atom is -0.497 e. The van der Waals surface area contributed by atoms with Crippen molar-refractivity contribution >= 4 is 34.9 Å². The zero-order chi connectivity index (χ0) is 30.9. The summed E-state index contributed by atoms with van der Waals surface area (Å²) in [6.07, 6.45) is 2.31. The Morgan fingerprint density at radius 2 is 2.00 bits per heavy atom. The number of amides is 2. The van der Waals surface area contributed by atoms with E-state index in [4.69, 9.17) is 9.47 Å². The van der Waals surface area contributed by atoms with Crippen molar-refractivity contribution in [3.8, 4) is 5.75 Å². The van der Waals surface area contributed by atoms with Gasteiger partial charge < -0.3 is 30.1 Å². The van der Waals surface area contributed by atoms with Gasteiger partial charge in [0.25, 0.3) is 5.92 Å². The Balaban J connectivity index is 1.04. The van der Waals surface area contributed by atoms with E-state index in [-0.39, 0.29) is 48.0 Å². The number of anilines is 1. The van der Waals surface area contributed by atoms with Crippen LogP contribution in [0.2, 0.25) is 0 Å². The number of nitrogens with zero attached hydrogens (tertiary/aromatic N) is 2. The summed E-state index contributed by atoms with van der Waals surface area (Å²) in [5, 5.41) is 15.5. The number of ketones is 1. The van der Waals surface area contributed by atoms with Crippen molar-refractivity contribution in [2.24, 2.45) is 22.2 Å². The molecular weight excluding hydrogens is 562 g/mol. The van der Waals surface area contributed by atoms with Gasteiger partial charge in [0.05, 0.1) is 24.5 Å². The molecule has 2 aliphatic carbocycles. The Bertz CT molecular complexity index is 1270. The van der Waals surface area contributed by atoms with E-state index >= 15 is 8.78 Å². The molecular formula is C31H42F2N4O6. The van der Waals surface area contributed by atoms with Gasteiger partial charge in [-0.05, 0) is 68.4 Å². The number of Topliss-reactive ketones (excluding diaryl/α,β-unsaturated/α-hetero) is 1. The molecule has 2 amide bonds. The van der Waals surface area contributed by atoms with Crippen molar-refractivity contribution in [3.63, 3.8) is 0 Å². The number of methoxy groups -OCH3 is 1. The molecule has 3 unspecified atom stereocenters. The number of hydrogen-bond acceptors (Lipinski definition) is 8. The number of alkyl carbamates (subject to hydrolysis) is 1. The molecule has 2 heterocycles. The number of benzene rings is 1. The molecule has 4 aliphatic rings. The second-order valence-corrected chi connectivity index (χ2v) is 12.7. The maximum absolute atomic E-state index is 15.1. The fourth-order valence-electron chi connectivity index (χ4n) is 6.79. The number of aliphatic hydroxyl groups is 1. The van der Waals surface area contributed by atoms with Gasteiger partial charge in [-0.15, -0.1) is 0 Å². The van der Waals surface area contributed by atoms with E-state index in [1.165, 1.54) is 7.11 Å². The lowest BCUT2D eigenvalue weighted by Crippen LogP contribution is -2.49. The van der Waals surface area contributed by atoms with Gasteiger partial charge in [-0.1, -0.05) is 20.3 Å². The lowest BCUT2D eigenvalue weighted by Gasteiger charge is -2.28. The lowest BCUT2D eigenvalue weighted by atomic mass is 9.88. The number of carbonyl (C=O) groups is 3. The van der Waals surface area contributed by atoms with Gasteiger partial charge >= 0.3 is 6.09 Å². The molecule has 1 spiro atoms. The molecule has 43 heavy (non-hydrogen) atoms. The number of aliphatic imine (C=N–C) groups is 1. The minimum atomic E-state index is -3.29. The molecule has 3 N–H and O–H groups in total. The molecule has 0 aromatic heterocycles. The van der Waals surface area contributed by atoms with Crippen LogP contribution in [0.1, 0.15) is 71.6 Å². The first kappa shape index (κ1) is 31.2. The lowest BCUT2D eigenvalue weighted by molar-refractivity contribution is -0.139. The summed E-state index contributed by atoms with van der Waals surface area (Å²) in [7, 11) is 1.49. The first-order valence-corrected chi connectivity index (χ1v) is 15.3. The van der Waals surface area contributed by atoms with Crippen molar-refractivity contribution in [3.05, 3.63) is 18.2 Å². The zero-order valence-corrected chi connectivity index (χ0v) is 25.0. The second kappa shape index (κ2) is 12.4. The number of ether oxygens (including phenoxy) is 2. The summed E-state index contributed by atoms with van der Waals surface area (Å²) >= 11 is 0. The van der Waals surface area contributed by atoms with Gasteiger partial charge in [0.15, 0.2) is 12.0 Å². The first-order chi connectivity index (χ1) is 20.4. The van der Waals surface area contributed by atoms with Crippen LogP contribution < -0.4 is 15.4 Å². The van der Waals surface area contributed by atoms with Gasteiger partial charge in [0.1, 0.15) is 24.1 Å². The van der Waals surface area contributed by atoms with Gasteiger partial charge in [-0.3, -0.25) is 9.59 Å². The third-order valence-electron chi connectivity index (χ3n) is 9.42. The fourth-order valence-corrected chi connectivity index (χ4v) is 6.79. The molecule has 2 aliphatic heterocycles. The normalized spacial score (nSPS) is 25.7. The number of nitrogens with one attached hydrogen (secondary N) is 2. The predicted octanol–water partition coefficient (Wildman–Crippen LogP) is 4.82. The highest BCUT2D eigenvalue weighted by Gasteiger charge is 2.59. The van der Waals surface area contributed by atoms with Crippen LogP contribution in [0.4, 0.5) is 25.0 Å². The Kier molecular flexibility index (Phi) is 8.97. The molecule has 0 bridgehead atoms. The van der Waals surface area contributed by atoms with Gasteiger partial charge in [-0.2, -0.15) is 8.78 Å². The molecule has 10 nitrogen and oxygen atoms in total. The summed E-state index contributed by atoms with van der Waals surface area (Å²) in [5.41, 5.74) is 0.0451. The average molecular weight is 605 g/mol. The summed E-state index contributed by atoms with van der Waals surface area (Å²) in [6.45, 7) is 3.98. The summed E-state index contributed by atoms with van der Waals surface area (Å²) < 4.78 is 40.8. The molecule has 2 saturated carbocycles. The number of alkyl halides is 2. The molecule has 1 aromatic rings. The highest BCUT2D eigenvalue weighted by Crippen LogP contribution is 2.57. The Morgan fingerprint density at radius 1 is 1.23 bits per heavy atom. The monoisotopic (exact) mass is 604 g/mol. The molecule has 1 aromatic carbocycles. The predicted molar refractivity (Wildman–Crippen MR) is 156 cm³/mol. The van der Waals surface area contributed by atoms with Crippen molar-refractivity contribution in [1.29, 1.82) is 0 Å². The summed E-state index contributed by atoms with van der Waals surface area (Å²) in [4.78, 5) is 43.9. The van der Waals surface area contributed by atoms with Crippen LogP contribution in [0.25, 0.3) is 0 Å². The van der Waals surface area contributed by atoms with Crippen molar-refractivity contribution in [2.75, 3.05) is 25.5 Å². The number of hydrogen-bond donors (Lipinski definition) is 3. The SMILES string of the molecule is COc1ccc2c(c1)NC(O)C(C(F)(F)CCCC1CCC(OC(=O)NCC(=O)N3CCC4(CC4)[C@H]3C(=O)C(C)C)C1)=N2. The quantitative estimate of drug-likeness (QED) is 0.330. The number of fused-ring (bicyclic) bond motifs is 1. The Morgan fingerprint density at radius 3 is 2.70 bits per heavy atom. The van der Waals surface area contributed by atoms with Gasteiger partial charge in [-0.25, -0.2) is 9.79 Å². The third-order valence-corrected chi connectivity index (χ3v) is 9.42. The van der Waals surface area contributed by atoms with Crippen LogP contribution in [0, 0.1) is 17.3 Å². The van der Waals surface area contributed by atoms with Crippen LogP contribution in [0.15, 0.2) is 23.2 Å². The van der Waals surface area contributed by atoms with E-state index in [1.54, 1.807) is 23.1 Å². The van der Waals surface area contributed by atoms with Crippen molar-refractivity contribution < 1.29 is 37.7 Å². The van der Waals surface area contributed by atoms with Crippen LogP contribution in [-0.2, 0) is 14.3 Å². The largest absolute Gasteiger partial charge is 0.497 e. The topological polar surface area (TPSA) is 130 Å². The van der Waals surface area contributed by atoms with Crippen LogP contribution in [0.5, 0.6) is 5.75 Å². The highest BCUT2D eigenvalue weighted by atomic mass is 19.3.